The van der Waals surface area contributed by atoms with Gasteiger partial charge in [-0.3, -0.25) is 0 Å². The second-order valence-electron chi connectivity index (χ2n) is 13.1. The number of hydrogen-bond acceptors (Lipinski definition) is 3. The molecule has 0 aromatic heterocycles. The quantitative estimate of drug-likeness (QED) is 0.0517. The van der Waals surface area contributed by atoms with Crippen molar-refractivity contribution in [3.63, 3.8) is 0 Å². The van der Waals surface area contributed by atoms with E-state index in [-0.39, 0.29) is 0 Å². The van der Waals surface area contributed by atoms with Gasteiger partial charge < -0.3 is 14.2 Å². The van der Waals surface area contributed by atoms with Crippen molar-refractivity contribution in [3.05, 3.63) is 25.0 Å². The highest BCUT2D eigenvalue weighted by Gasteiger charge is 2.02. The Hall–Kier alpha value is -1.12. The summed E-state index contributed by atoms with van der Waals surface area (Å²) in [6.07, 6.45) is 43.9. The van der Waals surface area contributed by atoms with Gasteiger partial charge in [-0.1, -0.05) is 206 Å². The van der Waals surface area contributed by atoms with Crippen molar-refractivity contribution in [1.29, 1.82) is 0 Å². The Balaban J connectivity index is 3.26. The summed E-state index contributed by atoms with van der Waals surface area (Å²) >= 11 is 0. The van der Waals surface area contributed by atoms with Gasteiger partial charge >= 0.3 is 0 Å². The topological polar surface area (TPSA) is 27.7 Å². The van der Waals surface area contributed by atoms with Crippen LogP contribution in [0.15, 0.2) is 25.0 Å². The Kier molecular flexibility index (Phi) is 36.1. The molecule has 0 aliphatic heterocycles. The van der Waals surface area contributed by atoms with Crippen LogP contribution in [0.2, 0.25) is 0 Å². The Labute approximate surface area is 271 Å². The molecule has 0 radical (unpaired) electrons. The van der Waals surface area contributed by atoms with E-state index in [4.69, 9.17) is 14.2 Å². The predicted octanol–water partition coefficient (Wildman–Crippen LogP) is 14.5. The highest BCUT2D eigenvalue weighted by Crippen LogP contribution is 2.16. The Bertz CT molecular complexity index is 510. The number of rotatable bonds is 38. The van der Waals surface area contributed by atoms with Crippen molar-refractivity contribution in [2.24, 2.45) is 0 Å². The van der Waals surface area contributed by atoms with E-state index in [1.807, 2.05) is 0 Å². The first-order valence-electron chi connectivity index (χ1n) is 19.5. The van der Waals surface area contributed by atoms with Crippen LogP contribution in [-0.4, -0.2) is 13.2 Å². The molecule has 0 saturated carbocycles. The van der Waals surface area contributed by atoms with Crippen LogP contribution < -0.4 is 0 Å². The minimum Gasteiger partial charge on any atom is -0.466 e. The van der Waals surface area contributed by atoms with Crippen molar-refractivity contribution in [2.75, 3.05) is 13.2 Å². The van der Waals surface area contributed by atoms with Crippen molar-refractivity contribution in [2.45, 2.75) is 219 Å². The molecule has 3 nitrogen and oxygen atoms in total. The summed E-state index contributed by atoms with van der Waals surface area (Å²) in [6.45, 7) is 13.6. The highest BCUT2D eigenvalue weighted by atomic mass is 16.7. The third-order valence-corrected chi connectivity index (χ3v) is 8.75. The van der Waals surface area contributed by atoms with Crippen LogP contribution in [0.4, 0.5) is 0 Å². The molecule has 0 unspecified atom stereocenters. The minimum absolute atomic E-state index is 0.304. The highest BCUT2D eigenvalue weighted by molar-refractivity contribution is 4.79. The van der Waals surface area contributed by atoms with Crippen molar-refractivity contribution in [1.82, 2.24) is 0 Å². The molecule has 0 rings (SSSR count). The first kappa shape index (κ1) is 41.9. The second kappa shape index (κ2) is 37.1. The molecule has 0 atom stereocenters. The average molecular weight is 607 g/mol. The molecule has 0 aromatic carbocycles. The van der Waals surface area contributed by atoms with Crippen LogP contribution in [0.1, 0.15) is 219 Å². The molecule has 43 heavy (non-hydrogen) atoms. The largest absolute Gasteiger partial charge is 0.466 e. The summed E-state index contributed by atoms with van der Waals surface area (Å²) < 4.78 is 16.7. The van der Waals surface area contributed by atoms with E-state index in [2.05, 4.69) is 27.0 Å². The van der Waals surface area contributed by atoms with Gasteiger partial charge in [0.15, 0.2) is 0 Å². The van der Waals surface area contributed by atoms with Crippen LogP contribution in [-0.2, 0) is 14.2 Å². The maximum Gasteiger partial charge on any atom is 0.279 e. The molecular formula is C40H78O3. The van der Waals surface area contributed by atoms with Gasteiger partial charge in [0, 0.05) is 0 Å². The fourth-order valence-electron chi connectivity index (χ4n) is 5.86. The Morgan fingerprint density at radius 1 is 0.302 bits per heavy atom. The van der Waals surface area contributed by atoms with E-state index in [1.165, 1.54) is 193 Å². The van der Waals surface area contributed by atoms with E-state index in [0.717, 1.165) is 12.8 Å². The fraction of sp³-hybridized carbons (Fsp3) is 0.900. The molecule has 0 aliphatic rings. The lowest BCUT2D eigenvalue weighted by atomic mass is 10.0. The molecule has 256 valence electrons. The van der Waals surface area contributed by atoms with Crippen LogP contribution in [0.25, 0.3) is 0 Å². The van der Waals surface area contributed by atoms with Gasteiger partial charge in [-0.2, -0.15) is 0 Å². The Morgan fingerprint density at radius 3 is 0.698 bits per heavy atom. The normalized spacial score (nSPS) is 11.1. The monoisotopic (exact) mass is 607 g/mol. The zero-order valence-corrected chi connectivity index (χ0v) is 29.7. The van der Waals surface area contributed by atoms with E-state index < -0.39 is 0 Å². The molecular weight excluding hydrogens is 528 g/mol. The minimum atomic E-state index is 0.304. The van der Waals surface area contributed by atoms with Gasteiger partial charge in [0.1, 0.15) is 0 Å². The van der Waals surface area contributed by atoms with Crippen molar-refractivity contribution < 1.29 is 14.2 Å². The van der Waals surface area contributed by atoms with E-state index in [0.29, 0.717) is 25.1 Å². The average Bonchev–Trinajstić information content (AvgIpc) is 3.00. The molecule has 0 N–H and O–H groups in total. The maximum absolute atomic E-state index is 5.61. The van der Waals surface area contributed by atoms with Gasteiger partial charge in [-0.15, -0.1) is 0 Å². The second-order valence-corrected chi connectivity index (χ2v) is 13.1. The summed E-state index contributed by atoms with van der Waals surface area (Å²) in [5.74, 6) is 0.607. The summed E-state index contributed by atoms with van der Waals surface area (Å²) in [7, 11) is 0. The lowest BCUT2D eigenvalue weighted by Crippen LogP contribution is -2.02. The summed E-state index contributed by atoms with van der Waals surface area (Å²) in [6, 6.07) is 0. The third kappa shape index (κ3) is 37.0. The van der Waals surface area contributed by atoms with Crippen LogP contribution >= 0.6 is 0 Å². The molecule has 0 aromatic rings. The van der Waals surface area contributed by atoms with E-state index in [9.17, 15) is 0 Å². The van der Waals surface area contributed by atoms with E-state index >= 15 is 0 Å². The molecule has 0 bridgehead atoms. The molecule has 0 fully saturated rings. The van der Waals surface area contributed by atoms with Gasteiger partial charge in [0.05, 0.1) is 13.2 Å². The summed E-state index contributed by atoms with van der Waals surface area (Å²) in [5, 5.41) is 0. The molecule has 0 aliphatic carbocycles. The Morgan fingerprint density at radius 2 is 0.488 bits per heavy atom. The molecule has 0 spiro atoms. The van der Waals surface area contributed by atoms with E-state index in [1.54, 1.807) is 0 Å². The van der Waals surface area contributed by atoms with Gasteiger partial charge in [-0.25, -0.2) is 0 Å². The fourth-order valence-corrected chi connectivity index (χ4v) is 5.86. The smallest absolute Gasteiger partial charge is 0.279 e. The van der Waals surface area contributed by atoms with Gasteiger partial charge in [0.2, 0.25) is 0 Å². The number of unbranched alkanes of at least 4 members (excludes halogenated alkanes) is 30. The number of hydrogen-bond donors (Lipinski definition) is 0. The molecule has 0 saturated heterocycles. The first-order chi connectivity index (χ1) is 21.2. The first-order valence-corrected chi connectivity index (χ1v) is 19.5. The number of ether oxygens (including phenoxy) is 3. The maximum atomic E-state index is 5.61. The SMILES string of the molecule is C=C(OCCCCCCCCCCCCCCCCCC)OC(=C)OCCCCCCCCCCCCCCCCCC. The predicted molar refractivity (Wildman–Crippen MR) is 190 cm³/mol. The lowest BCUT2D eigenvalue weighted by molar-refractivity contribution is -0.00430. The van der Waals surface area contributed by atoms with Crippen LogP contribution in [0.5, 0.6) is 0 Å². The van der Waals surface area contributed by atoms with Gasteiger partial charge in [0.25, 0.3) is 11.9 Å². The van der Waals surface area contributed by atoms with Crippen LogP contribution in [0, 0.1) is 0 Å². The van der Waals surface area contributed by atoms with Gasteiger partial charge in [-0.05, 0) is 26.0 Å². The lowest BCUT2D eigenvalue weighted by Gasteiger charge is -2.13. The molecule has 0 heterocycles. The molecule has 0 amide bonds. The van der Waals surface area contributed by atoms with Crippen LogP contribution in [0.3, 0.4) is 0 Å². The zero-order chi connectivity index (χ0) is 31.3. The summed E-state index contributed by atoms with van der Waals surface area (Å²) in [5.41, 5.74) is 0. The van der Waals surface area contributed by atoms with Crippen molar-refractivity contribution in [3.8, 4) is 0 Å². The standard InChI is InChI=1S/C40H78O3/c1-5-7-9-11-13-15-17-19-21-23-25-27-29-31-33-35-37-41-39(3)43-40(4)42-38-36-34-32-30-28-26-24-22-20-18-16-14-12-10-8-6-2/h3-38H2,1-2H3. The molecule has 3 heteroatoms. The zero-order valence-electron chi connectivity index (χ0n) is 29.7. The summed E-state index contributed by atoms with van der Waals surface area (Å²) in [4.78, 5) is 0. The van der Waals surface area contributed by atoms with Crippen molar-refractivity contribution >= 4 is 0 Å². The third-order valence-electron chi connectivity index (χ3n) is 8.75.